The molecule has 0 N–H and O–H groups in total. The third-order valence-corrected chi connectivity index (χ3v) is 4.61. The number of hydrogen-bond acceptors (Lipinski definition) is 5. The lowest BCUT2D eigenvalue weighted by molar-refractivity contribution is 0.0594. The third kappa shape index (κ3) is 2.63. The van der Waals surface area contributed by atoms with Crippen LogP contribution in [0, 0.1) is 5.92 Å². The van der Waals surface area contributed by atoms with E-state index in [1.807, 2.05) is 16.8 Å². The SMILES string of the molecule is COC(=O)c1ccc(-c2ccc3c(nnn3CC3CC3)c2Cl)cn1. The van der Waals surface area contributed by atoms with E-state index in [2.05, 4.69) is 20.0 Å². The van der Waals surface area contributed by atoms with Gasteiger partial charge in [-0.1, -0.05) is 28.9 Å². The first-order valence-corrected chi connectivity index (χ1v) is 8.11. The molecule has 1 aliphatic carbocycles. The minimum absolute atomic E-state index is 0.258. The van der Waals surface area contributed by atoms with Gasteiger partial charge in [-0.25, -0.2) is 14.5 Å². The number of nitrogens with zero attached hydrogens (tertiary/aromatic N) is 4. The Kier molecular flexibility index (Phi) is 3.69. The maximum Gasteiger partial charge on any atom is 0.356 e. The Morgan fingerprint density at radius 1 is 1.33 bits per heavy atom. The van der Waals surface area contributed by atoms with Gasteiger partial charge >= 0.3 is 5.97 Å². The number of carbonyl (C=O) groups is 1. The van der Waals surface area contributed by atoms with Crippen molar-refractivity contribution >= 4 is 28.6 Å². The predicted molar refractivity (Wildman–Crippen MR) is 89.8 cm³/mol. The summed E-state index contributed by atoms with van der Waals surface area (Å²) in [6.07, 6.45) is 4.12. The number of benzene rings is 1. The molecule has 1 fully saturated rings. The number of hydrogen-bond donors (Lipinski definition) is 0. The lowest BCUT2D eigenvalue weighted by Gasteiger charge is -2.06. The van der Waals surface area contributed by atoms with Gasteiger partial charge < -0.3 is 4.74 Å². The van der Waals surface area contributed by atoms with Crippen LogP contribution in [0.4, 0.5) is 0 Å². The Hall–Kier alpha value is -2.47. The molecule has 0 atom stereocenters. The van der Waals surface area contributed by atoms with Crippen LogP contribution in [0.1, 0.15) is 23.3 Å². The number of halogens is 1. The van der Waals surface area contributed by atoms with Crippen LogP contribution in [-0.2, 0) is 11.3 Å². The lowest BCUT2D eigenvalue weighted by Crippen LogP contribution is -2.03. The number of pyridine rings is 1. The Balaban J connectivity index is 1.71. The maximum atomic E-state index is 11.5. The van der Waals surface area contributed by atoms with E-state index in [1.54, 1.807) is 18.3 Å². The molecule has 1 aromatic carbocycles. The van der Waals surface area contributed by atoms with Gasteiger partial charge in [-0.2, -0.15) is 0 Å². The summed E-state index contributed by atoms with van der Waals surface area (Å²) in [4.78, 5) is 15.6. The molecule has 1 aliphatic rings. The molecule has 0 spiro atoms. The largest absolute Gasteiger partial charge is 0.464 e. The Morgan fingerprint density at radius 3 is 2.83 bits per heavy atom. The normalized spacial score (nSPS) is 14.1. The van der Waals surface area contributed by atoms with E-state index < -0.39 is 5.97 Å². The number of aromatic nitrogens is 4. The summed E-state index contributed by atoms with van der Waals surface area (Å²) in [5.41, 5.74) is 3.51. The van der Waals surface area contributed by atoms with Gasteiger partial charge in [0.1, 0.15) is 11.2 Å². The molecule has 0 saturated heterocycles. The van der Waals surface area contributed by atoms with Gasteiger partial charge in [-0.05, 0) is 30.9 Å². The highest BCUT2D eigenvalue weighted by Crippen LogP contribution is 2.35. The summed E-state index contributed by atoms with van der Waals surface area (Å²) < 4.78 is 6.57. The summed E-state index contributed by atoms with van der Waals surface area (Å²) in [5.74, 6) is 0.245. The first-order chi connectivity index (χ1) is 11.7. The van der Waals surface area contributed by atoms with Crippen LogP contribution in [0.3, 0.4) is 0 Å². The zero-order chi connectivity index (χ0) is 16.7. The first kappa shape index (κ1) is 15.1. The van der Waals surface area contributed by atoms with E-state index in [0.29, 0.717) is 16.5 Å². The summed E-state index contributed by atoms with van der Waals surface area (Å²) in [6, 6.07) is 7.33. The fourth-order valence-corrected chi connectivity index (χ4v) is 2.99. The van der Waals surface area contributed by atoms with E-state index in [0.717, 1.165) is 23.2 Å². The van der Waals surface area contributed by atoms with Gasteiger partial charge in [0, 0.05) is 23.9 Å². The van der Waals surface area contributed by atoms with Gasteiger partial charge in [0.25, 0.3) is 0 Å². The van der Waals surface area contributed by atoms with Crippen molar-refractivity contribution in [2.75, 3.05) is 7.11 Å². The topological polar surface area (TPSA) is 69.9 Å². The average molecular weight is 343 g/mol. The zero-order valence-corrected chi connectivity index (χ0v) is 13.8. The van der Waals surface area contributed by atoms with Crippen molar-refractivity contribution in [3.8, 4) is 11.1 Å². The Morgan fingerprint density at radius 2 is 2.17 bits per heavy atom. The van der Waals surface area contributed by atoms with E-state index in [-0.39, 0.29) is 5.69 Å². The number of fused-ring (bicyclic) bond motifs is 1. The highest BCUT2D eigenvalue weighted by molar-refractivity contribution is 6.37. The summed E-state index contributed by atoms with van der Waals surface area (Å²) in [5, 5.41) is 9.00. The summed E-state index contributed by atoms with van der Waals surface area (Å²) in [6.45, 7) is 0.890. The average Bonchev–Trinajstić information content (AvgIpc) is 3.34. The van der Waals surface area contributed by atoms with Gasteiger partial charge in [0.15, 0.2) is 0 Å². The van der Waals surface area contributed by atoms with E-state index in [9.17, 15) is 4.79 Å². The second-order valence-corrected chi connectivity index (χ2v) is 6.31. The molecule has 4 rings (SSSR count). The predicted octanol–water partition coefficient (Wildman–Crippen LogP) is 3.34. The van der Waals surface area contributed by atoms with Crippen molar-refractivity contribution in [2.45, 2.75) is 19.4 Å². The monoisotopic (exact) mass is 342 g/mol. The van der Waals surface area contributed by atoms with Crippen LogP contribution in [0.2, 0.25) is 5.02 Å². The maximum absolute atomic E-state index is 11.5. The number of carbonyl (C=O) groups excluding carboxylic acids is 1. The van der Waals surface area contributed by atoms with Gasteiger partial charge in [-0.3, -0.25) is 0 Å². The van der Waals surface area contributed by atoms with Crippen LogP contribution in [-0.4, -0.2) is 33.1 Å². The summed E-state index contributed by atoms with van der Waals surface area (Å²) in [7, 11) is 1.33. The number of ether oxygens (including phenoxy) is 1. The van der Waals surface area contributed by atoms with Crippen molar-refractivity contribution < 1.29 is 9.53 Å². The fraction of sp³-hybridized carbons (Fsp3) is 0.294. The molecule has 6 nitrogen and oxygen atoms in total. The van der Waals surface area contributed by atoms with Crippen molar-refractivity contribution in [1.82, 2.24) is 20.0 Å². The smallest absolute Gasteiger partial charge is 0.356 e. The van der Waals surface area contributed by atoms with Crippen LogP contribution in [0.25, 0.3) is 22.2 Å². The first-order valence-electron chi connectivity index (χ1n) is 7.74. The van der Waals surface area contributed by atoms with Crippen LogP contribution in [0.5, 0.6) is 0 Å². The van der Waals surface area contributed by atoms with Gasteiger partial charge in [0.2, 0.25) is 0 Å². The minimum atomic E-state index is -0.467. The molecule has 0 aliphatic heterocycles. The number of methoxy groups -OCH3 is 1. The van der Waals surface area contributed by atoms with E-state index >= 15 is 0 Å². The molecule has 122 valence electrons. The fourth-order valence-electron chi connectivity index (χ4n) is 2.69. The second-order valence-electron chi connectivity index (χ2n) is 5.93. The molecular weight excluding hydrogens is 328 g/mol. The highest BCUT2D eigenvalue weighted by atomic mass is 35.5. The molecule has 2 aromatic heterocycles. The molecule has 0 unspecified atom stereocenters. The van der Waals surface area contributed by atoms with Crippen molar-refractivity contribution in [1.29, 1.82) is 0 Å². The number of esters is 1. The minimum Gasteiger partial charge on any atom is -0.464 e. The molecular formula is C17H15ClN4O2. The quantitative estimate of drug-likeness (QED) is 0.680. The second kappa shape index (κ2) is 5.87. The molecule has 2 heterocycles. The zero-order valence-electron chi connectivity index (χ0n) is 13.1. The molecule has 0 amide bonds. The third-order valence-electron chi connectivity index (χ3n) is 4.22. The van der Waals surface area contributed by atoms with Crippen molar-refractivity contribution in [3.63, 3.8) is 0 Å². The van der Waals surface area contributed by atoms with Crippen LogP contribution in [0.15, 0.2) is 30.5 Å². The van der Waals surface area contributed by atoms with Crippen LogP contribution >= 0.6 is 11.6 Å². The molecule has 3 aromatic rings. The number of rotatable bonds is 4. The van der Waals surface area contributed by atoms with Gasteiger partial charge in [-0.15, -0.1) is 5.10 Å². The Bertz CT molecular complexity index is 916. The molecule has 0 radical (unpaired) electrons. The standard InChI is InChI=1S/C17H15ClN4O2/c1-24-17(23)13-6-4-11(8-19-13)12-5-7-14-16(15(12)18)20-21-22(14)9-10-2-3-10/h4-8,10H,2-3,9H2,1H3. The van der Waals surface area contributed by atoms with Crippen molar-refractivity contribution in [3.05, 3.63) is 41.2 Å². The summed E-state index contributed by atoms with van der Waals surface area (Å²) >= 11 is 6.54. The molecule has 7 heteroatoms. The molecule has 1 saturated carbocycles. The van der Waals surface area contributed by atoms with Crippen LogP contribution < -0.4 is 0 Å². The Labute approximate surface area is 143 Å². The van der Waals surface area contributed by atoms with E-state index in [4.69, 9.17) is 11.6 Å². The van der Waals surface area contributed by atoms with Crippen molar-refractivity contribution in [2.24, 2.45) is 5.92 Å². The van der Waals surface area contributed by atoms with Gasteiger partial charge in [0.05, 0.1) is 17.6 Å². The molecule has 0 bridgehead atoms. The highest BCUT2D eigenvalue weighted by Gasteiger charge is 2.24. The lowest BCUT2D eigenvalue weighted by atomic mass is 10.1. The van der Waals surface area contributed by atoms with E-state index in [1.165, 1.54) is 20.0 Å². The molecule has 24 heavy (non-hydrogen) atoms.